The topological polar surface area (TPSA) is 430 Å². The summed E-state index contributed by atoms with van der Waals surface area (Å²) in [5.41, 5.74) is -5.72. The number of carboxylic acid groups (broad SMARTS) is 2. The van der Waals surface area contributed by atoms with Crippen molar-refractivity contribution >= 4 is 153 Å². The van der Waals surface area contributed by atoms with Gasteiger partial charge < -0.3 is 66.4 Å². The number of carbonyl (C=O) groups is 5. The minimum absolute atomic E-state index is 0. The molecule has 634 valence electrons. The summed E-state index contributed by atoms with van der Waals surface area (Å²) in [5.74, 6) is -15.1. The van der Waals surface area contributed by atoms with Gasteiger partial charge in [0.2, 0.25) is 0 Å². The first-order valence-corrected chi connectivity index (χ1v) is 40.0. The number of hydrogen-bond acceptors (Lipinski definition) is 22. The molecule has 0 saturated carbocycles. The molecule has 0 aliphatic carbocycles. The fourth-order valence-electron chi connectivity index (χ4n) is 8.08. The molecule has 0 aliphatic rings. The van der Waals surface area contributed by atoms with Crippen LogP contribution in [-0.2, 0) is 83.3 Å². The van der Waals surface area contributed by atoms with Gasteiger partial charge in [0.15, 0.2) is 49.6 Å². The summed E-state index contributed by atoms with van der Waals surface area (Å²) in [4.78, 5) is 55.7. The Morgan fingerprint density at radius 1 is 0.412 bits per heavy atom. The average Bonchev–Trinajstić information content (AvgIpc) is 0.819. The first-order chi connectivity index (χ1) is 54.3. The predicted molar refractivity (Wildman–Crippen MR) is 401 cm³/mol. The first kappa shape index (κ1) is 105. The molecular formula is C72H50B2Cl3F11IO24S6-5. The molecule has 0 amide bonds. The molecule has 2 N–H and O–H groups in total. The molecular weight excluding hydrogens is 1910 g/mol. The molecule has 10 aromatic rings. The van der Waals surface area contributed by atoms with Gasteiger partial charge in [0, 0.05) is 23.5 Å². The van der Waals surface area contributed by atoms with Crippen molar-refractivity contribution in [1.82, 2.24) is 0 Å². The minimum Gasteiger partial charge on any atom is -1.00 e. The lowest BCUT2D eigenvalue weighted by Gasteiger charge is -2.12. The summed E-state index contributed by atoms with van der Waals surface area (Å²) in [6.45, 7) is 7.67. The van der Waals surface area contributed by atoms with Crippen LogP contribution in [0.1, 0.15) is 72.7 Å². The van der Waals surface area contributed by atoms with Gasteiger partial charge in [-0.15, -0.1) is 0 Å². The number of ketones is 1. The molecule has 0 aliphatic heterocycles. The summed E-state index contributed by atoms with van der Waals surface area (Å²) < 4.78 is 301. The molecule has 24 nitrogen and oxygen atoms in total. The standard InChI is InChI=1S/C18H12Cl3S.C12H10O7S.C8H3BF6.C8H8O4S.2C7H6O5S.C6BF5.C6H6O3S.HI.2H2/c19-13-1-7-16(8-2-13)22(17-9-3-14(20)4-10-17)18-11-5-15(21)6-12-18;1-3-18-11(13)8-5-9(12(14)19-4-2)7-10(6-8)20(15,16)17;9-6-2-4(7(10,11)12)1-5(3-6)8(13,14)15;1-6(9)7-2-4-8(5-3-7)13(10,11)12;8-7(9)5-2-1-3-6(4-5)13(10,11)12;8-7(9)5-3-1-2-4-6(5)13(10,11)12;7-1-2(8)4(10)6(12)5(11)3(1)9;7-10(8,9)6-4-2-1-3-5-6;;;/h1-12H;3-7H,1-2H2,(H,15,16,17);1-3H;2-5H,1H3,(H,10,11,12);2*1-4H,(H,8,9)(H,10,11,12);;1-5H,(H,7,8,9);3*1H/q+1;;;;;;;;;;/p-6. The highest BCUT2D eigenvalue weighted by Gasteiger charge is 2.37. The van der Waals surface area contributed by atoms with E-state index in [1.165, 1.54) is 82.3 Å². The number of halogens is 15. The van der Waals surface area contributed by atoms with E-state index in [0.717, 1.165) is 82.2 Å². The summed E-state index contributed by atoms with van der Waals surface area (Å²) in [5, 5.41) is 19.2. The van der Waals surface area contributed by atoms with Crippen molar-refractivity contribution in [3.05, 3.63) is 321 Å². The van der Waals surface area contributed by atoms with Crippen LogP contribution in [0.3, 0.4) is 0 Å². The number of carbonyl (C=O) groups excluding carboxylic acids is 3. The Morgan fingerprint density at radius 2 is 0.748 bits per heavy atom. The van der Waals surface area contributed by atoms with Crippen molar-refractivity contribution in [1.29, 1.82) is 0 Å². The van der Waals surface area contributed by atoms with Crippen molar-refractivity contribution in [2.24, 2.45) is 0 Å². The van der Waals surface area contributed by atoms with Gasteiger partial charge in [-0.3, -0.25) is 4.79 Å². The van der Waals surface area contributed by atoms with Gasteiger partial charge in [-0.25, -0.2) is 83.2 Å². The number of ether oxygens (including phenoxy) is 2. The van der Waals surface area contributed by atoms with Crippen LogP contribution in [0.5, 0.6) is 0 Å². The van der Waals surface area contributed by atoms with Crippen molar-refractivity contribution < 1.29 is 184 Å². The monoisotopic (exact) mass is 1950 g/mol. The molecule has 0 fully saturated rings. The Labute approximate surface area is 710 Å². The van der Waals surface area contributed by atoms with E-state index in [1.54, 1.807) is 6.07 Å². The number of rotatable bonds is 15. The molecule has 0 unspecified atom stereocenters. The maximum atomic E-state index is 12.3. The van der Waals surface area contributed by atoms with Gasteiger partial charge in [0.25, 0.3) is 0 Å². The highest BCUT2D eigenvalue weighted by Crippen LogP contribution is 2.36. The van der Waals surface area contributed by atoms with Crippen molar-refractivity contribution in [3.8, 4) is 0 Å². The van der Waals surface area contributed by atoms with Crippen molar-refractivity contribution in [2.75, 3.05) is 0 Å². The van der Waals surface area contributed by atoms with Crippen LogP contribution in [-0.4, -0.2) is 120 Å². The second-order valence-corrected chi connectivity index (χ2v) is 31.9. The second-order valence-electron chi connectivity index (χ2n) is 21.7. The number of Topliss-reactive ketones (excluding diaryl/α,β-unsaturated/α-hetero) is 1. The van der Waals surface area contributed by atoms with Gasteiger partial charge in [0.05, 0.1) is 81.3 Å². The predicted octanol–water partition coefficient (Wildman–Crippen LogP) is 11.1. The Hall–Kier alpha value is -9.91. The van der Waals surface area contributed by atoms with E-state index in [0.29, 0.717) is 17.7 Å². The van der Waals surface area contributed by atoms with Crippen LogP contribution in [0.25, 0.3) is 0 Å². The minimum atomic E-state index is -4.86. The molecule has 4 radical (unpaired) electrons. The van der Waals surface area contributed by atoms with Gasteiger partial charge in [0.1, 0.15) is 66.3 Å². The number of esters is 2. The van der Waals surface area contributed by atoms with Crippen LogP contribution in [0, 0.1) is 29.1 Å². The van der Waals surface area contributed by atoms with E-state index >= 15 is 0 Å². The highest BCUT2D eigenvalue weighted by molar-refractivity contribution is 7.97. The van der Waals surface area contributed by atoms with E-state index < -0.39 is 158 Å². The maximum absolute atomic E-state index is 12.3. The van der Waals surface area contributed by atoms with Crippen molar-refractivity contribution in [3.63, 3.8) is 0 Å². The number of carboxylic acids is 2. The number of aromatic carboxylic acids is 2. The van der Waals surface area contributed by atoms with Gasteiger partial charge in [-0.05, 0) is 164 Å². The van der Waals surface area contributed by atoms with Crippen LogP contribution in [0.15, 0.2) is 277 Å². The molecule has 0 spiro atoms. The third kappa shape index (κ3) is 34.8. The summed E-state index contributed by atoms with van der Waals surface area (Å²) >= 11 is 18.1. The van der Waals surface area contributed by atoms with Crippen LogP contribution in [0.4, 0.5) is 48.3 Å². The van der Waals surface area contributed by atoms with E-state index in [1.807, 2.05) is 36.4 Å². The van der Waals surface area contributed by atoms with Gasteiger partial charge in [-0.1, -0.05) is 114 Å². The molecule has 0 saturated heterocycles. The van der Waals surface area contributed by atoms with E-state index in [2.05, 4.69) is 66.9 Å². The van der Waals surface area contributed by atoms with Gasteiger partial charge >= 0.3 is 36.2 Å². The first-order valence-electron chi connectivity index (χ1n) is 30.6. The highest BCUT2D eigenvalue weighted by atomic mass is 127. The normalized spacial score (nSPS) is 11.1. The second kappa shape index (κ2) is 46.0. The zero-order valence-corrected chi connectivity index (χ0v) is 68.2. The summed E-state index contributed by atoms with van der Waals surface area (Å²) in [7, 11) is -13.5. The molecule has 119 heavy (non-hydrogen) atoms. The zero-order valence-electron chi connectivity index (χ0n) is 58.9. The van der Waals surface area contributed by atoms with Crippen LogP contribution >= 0.6 is 34.8 Å². The van der Waals surface area contributed by atoms with Crippen molar-refractivity contribution in [2.45, 2.75) is 58.4 Å². The average molecular weight is 1960 g/mol. The number of hydrogen-bond donors (Lipinski definition) is 2. The Balaban J connectivity index is 0.00000137. The lowest BCUT2D eigenvalue weighted by atomic mass is 9.91. The lowest BCUT2D eigenvalue weighted by molar-refractivity contribution is -0.143. The molecule has 0 heterocycles. The molecule has 10 aromatic carbocycles. The van der Waals surface area contributed by atoms with E-state index in [-0.39, 0.29) is 76.1 Å². The quantitative estimate of drug-likeness (QED) is 0.00919. The largest absolute Gasteiger partial charge is 1.00 e. The molecule has 0 bridgehead atoms. The Morgan fingerprint density at radius 3 is 1.06 bits per heavy atom. The van der Waals surface area contributed by atoms with E-state index in [9.17, 15) is 137 Å². The third-order valence-corrected chi connectivity index (χ3v) is 20.6. The molecule has 0 atom stereocenters. The maximum Gasteiger partial charge on any atom is 0.416 e. The Bertz CT molecular complexity index is 5630. The smallest absolute Gasteiger partial charge is 0.416 e. The fourth-order valence-corrected chi connectivity index (χ4v) is 13.2. The summed E-state index contributed by atoms with van der Waals surface area (Å²) in [6.07, 6.45) is -8.03. The Kier molecular flexibility index (Phi) is 40.7. The summed E-state index contributed by atoms with van der Waals surface area (Å²) in [6, 6.07) is 48.4. The van der Waals surface area contributed by atoms with E-state index in [4.69, 9.17) is 52.9 Å². The molecule has 0 aromatic heterocycles. The SMILES string of the molecule is C=COC(=O)c1cc(C(=O)OC=C)cc(S(=O)(=O)[O-])c1.CC(=O)c1ccc(S(=O)(=O)[O-])cc1.Clc1ccc([S+](c2ccc(Cl)cc2)c2ccc(Cl)cc2)cc1.O=C(O)c1cccc(S(=O)(=O)[O-])c1.O=C(O)c1ccccc1S(=O)(=O)[O-].O=S(=O)([O-])c1ccccc1.[B]c1c(F)c(F)c(F)c(F)c1F.[B]c1cc(C(F)(F)F)cc(C(F)(F)F)c1.[HH].[HH].[I-]. The zero-order chi connectivity index (χ0) is 90.0. The molecule has 47 heteroatoms. The molecule has 10 rings (SSSR count). The van der Waals surface area contributed by atoms with Gasteiger partial charge in [-0.2, -0.15) is 26.3 Å². The number of benzene rings is 10. The number of alkyl halides is 6. The van der Waals surface area contributed by atoms with Crippen LogP contribution in [0.2, 0.25) is 15.1 Å². The van der Waals surface area contributed by atoms with Crippen LogP contribution < -0.4 is 34.9 Å². The fraction of sp³-hybridized carbons (Fsp3) is 0.0417. The lowest BCUT2D eigenvalue weighted by Crippen LogP contribution is -3.00. The third-order valence-electron chi connectivity index (χ3n) is 13.4.